The van der Waals surface area contributed by atoms with E-state index in [1.807, 2.05) is 26.0 Å². The predicted molar refractivity (Wildman–Crippen MR) is 62.1 cm³/mol. The Kier molecular flexibility index (Phi) is 3.12. The van der Waals surface area contributed by atoms with Gasteiger partial charge in [-0.15, -0.1) is 0 Å². The van der Waals surface area contributed by atoms with Gasteiger partial charge in [-0.05, 0) is 37.7 Å². The molecule has 2 rings (SSSR count). The monoisotopic (exact) mass is 236 g/mol. The van der Waals surface area contributed by atoms with Crippen LogP contribution < -0.4 is 11.3 Å². The molecular weight excluding hydrogens is 224 g/mol. The van der Waals surface area contributed by atoms with E-state index in [2.05, 4.69) is 15.4 Å². The van der Waals surface area contributed by atoms with Crippen molar-refractivity contribution in [3.63, 3.8) is 0 Å². The molecule has 0 radical (unpaired) electrons. The molecule has 0 unspecified atom stereocenters. The molecule has 0 aromatic carbocycles. The second kappa shape index (κ2) is 4.54. The quantitative estimate of drug-likeness (QED) is 0.628. The van der Waals surface area contributed by atoms with Gasteiger partial charge in [-0.2, -0.15) is 0 Å². The second-order valence-corrected chi connectivity index (χ2v) is 4.27. The third-order valence-corrected chi connectivity index (χ3v) is 2.93. The molecule has 0 aliphatic carbocycles. The van der Waals surface area contributed by atoms with Gasteiger partial charge < -0.3 is 9.84 Å². The maximum atomic E-state index is 5.47. The van der Waals surface area contributed by atoms with E-state index >= 15 is 0 Å². The van der Waals surface area contributed by atoms with Crippen LogP contribution in [0.3, 0.4) is 0 Å². The van der Waals surface area contributed by atoms with Crippen LogP contribution in [0.15, 0.2) is 32.9 Å². The predicted octanol–water partition coefficient (Wildman–Crippen LogP) is 2.12. The van der Waals surface area contributed by atoms with Crippen LogP contribution in [0.4, 0.5) is 5.82 Å². The minimum absolute atomic E-state index is 0.616. The standard InChI is InChI=1S/C10H12N4OS/c1-6-7(2)15-10(13-6)16-8-3-4-12-9(5-8)14-11/h3-5H,11H2,1-2H3,(H,12,14). The Hall–Kier alpha value is -1.53. The summed E-state index contributed by atoms with van der Waals surface area (Å²) in [6.07, 6.45) is 1.68. The molecule has 5 nitrogen and oxygen atoms in total. The summed E-state index contributed by atoms with van der Waals surface area (Å²) in [6.45, 7) is 3.81. The average Bonchev–Trinajstić information content (AvgIpc) is 2.58. The van der Waals surface area contributed by atoms with E-state index in [0.29, 0.717) is 11.0 Å². The number of hydrazine groups is 1. The van der Waals surface area contributed by atoms with Crippen LogP contribution >= 0.6 is 11.8 Å². The van der Waals surface area contributed by atoms with E-state index in [0.717, 1.165) is 16.3 Å². The molecule has 0 aliphatic rings. The largest absolute Gasteiger partial charge is 0.436 e. The molecule has 6 heteroatoms. The zero-order valence-electron chi connectivity index (χ0n) is 9.02. The lowest BCUT2D eigenvalue weighted by molar-refractivity contribution is 0.431. The van der Waals surface area contributed by atoms with Crippen molar-refractivity contribution in [3.05, 3.63) is 29.8 Å². The molecule has 0 atom stereocenters. The van der Waals surface area contributed by atoms with Crippen molar-refractivity contribution in [2.24, 2.45) is 5.84 Å². The second-order valence-electron chi connectivity index (χ2n) is 3.24. The number of nitrogens with two attached hydrogens (primary N) is 1. The molecule has 0 fully saturated rings. The fraction of sp³-hybridized carbons (Fsp3) is 0.200. The molecule has 84 valence electrons. The average molecular weight is 236 g/mol. The maximum Gasteiger partial charge on any atom is 0.260 e. The van der Waals surface area contributed by atoms with Gasteiger partial charge in [-0.25, -0.2) is 15.8 Å². The molecule has 3 N–H and O–H groups in total. The Morgan fingerprint density at radius 3 is 2.88 bits per heavy atom. The third kappa shape index (κ3) is 2.34. The fourth-order valence-corrected chi connectivity index (χ4v) is 1.99. The normalized spacial score (nSPS) is 10.4. The Bertz CT molecular complexity index is 478. The van der Waals surface area contributed by atoms with E-state index in [9.17, 15) is 0 Å². The molecule has 0 amide bonds. The maximum absolute atomic E-state index is 5.47. The molecule has 0 saturated heterocycles. The number of pyridine rings is 1. The Labute approximate surface area is 97.4 Å². The van der Waals surface area contributed by atoms with Crippen LogP contribution in [0.25, 0.3) is 0 Å². The molecule has 0 aliphatic heterocycles. The van der Waals surface area contributed by atoms with Gasteiger partial charge in [0, 0.05) is 11.1 Å². The van der Waals surface area contributed by atoms with E-state index < -0.39 is 0 Å². The molecule has 2 aromatic heterocycles. The number of aromatic nitrogens is 2. The summed E-state index contributed by atoms with van der Waals surface area (Å²) in [7, 11) is 0. The molecule has 0 bridgehead atoms. The molecular formula is C10H12N4OS. The lowest BCUT2D eigenvalue weighted by atomic mass is 10.4. The topological polar surface area (TPSA) is 77.0 Å². The summed E-state index contributed by atoms with van der Waals surface area (Å²) in [5, 5.41) is 0.629. The highest BCUT2D eigenvalue weighted by atomic mass is 32.2. The van der Waals surface area contributed by atoms with Crippen molar-refractivity contribution < 1.29 is 4.42 Å². The lowest BCUT2D eigenvalue weighted by Gasteiger charge is -2.00. The van der Waals surface area contributed by atoms with Gasteiger partial charge in [-0.1, -0.05) is 0 Å². The van der Waals surface area contributed by atoms with Gasteiger partial charge in [0.25, 0.3) is 5.22 Å². The third-order valence-electron chi connectivity index (χ3n) is 2.09. The first kappa shape index (κ1) is 11.0. The van der Waals surface area contributed by atoms with Crippen molar-refractivity contribution in [1.29, 1.82) is 0 Å². The highest BCUT2D eigenvalue weighted by molar-refractivity contribution is 7.99. The fourth-order valence-electron chi connectivity index (χ4n) is 1.14. The number of oxazole rings is 1. The smallest absolute Gasteiger partial charge is 0.260 e. The first-order chi connectivity index (χ1) is 7.69. The van der Waals surface area contributed by atoms with Gasteiger partial charge in [0.1, 0.15) is 11.6 Å². The summed E-state index contributed by atoms with van der Waals surface area (Å²) >= 11 is 1.44. The molecule has 2 heterocycles. The number of nitrogen functional groups attached to an aromatic ring is 1. The van der Waals surface area contributed by atoms with Crippen LogP contribution in [-0.4, -0.2) is 9.97 Å². The van der Waals surface area contributed by atoms with E-state index in [-0.39, 0.29) is 0 Å². The highest BCUT2D eigenvalue weighted by Gasteiger charge is 2.07. The minimum Gasteiger partial charge on any atom is -0.436 e. The number of anilines is 1. The first-order valence-corrected chi connectivity index (χ1v) is 5.55. The van der Waals surface area contributed by atoms with E-state index in [4.69, 9.17) is 10.3 Å². The highest BCUT2D eigenvalue weighted by Crippen LogP contribution is 2.28. The molecule has 0 saturated carbocycles. The van der Waals surface area contributed by atoms with Crippen molar-refractivity contribution in [2.45, 2.75) is 24.0 Å². The summed E-state index contributed by atoms with van der Waals surface area (Å²) in [6, 6.07) is 3.71. The van der Waals surface area contributed by atoms with Crippen LogP contribution in [0, 0.1) is 13.8 Å². The molecule has 2 aromatic rings. The number of rotatable bonds is 3. The van der Waals surface area contributed by atoms with Gasteiger partial charge in [0.2, 0.25) is 0 Å². The van der Waals surface area contributed by atoms with Crippen molar-refractivity contribution in [2.75, 3.05) is 5.43 Å². The number of aryl methyl sites for hydroxylation is 2. The minimum atomic E-state index is 0.616. The van der Waals surface area contributed by atoms with Crippen LogP contribution in [0.1, 0.15) is 11.5 Å². The van der Waals surface area contributed by atoms with Crippen LogP contribution in [0.2, 0.25) is 0 Å². The van der Waals surface area contributed by atoms with Crippen molar-refractivity contribution in [3.8, 4) is 0 Å². The van der Waals surface area contributed by atoms with Gasteiger partial charge in [0.15, 0.2) is 0 Å². The molecule has 0 spiro atoms. The number of nitrogens with one attached hydrogen (secondary N) is 1. The van der Waals surface area contributed by atoms with E-state index in [1.165, 1.54) is 11.8 Å². The Balaban J connectivity index is 2.20. The molecule has 16 heavy (non-hydrogen) atoms. The van der Waals surface area contributed by atoms with Gasteiger partial charge in [0.05, 0.1) is 5.69 Å². The Morgan fingerprint density at radius 1 is 1.44 bits per heavy atom. The van der Waals surface area contributed by atoms with Gasteiger partial charge >= 0.3 is 0 Å². The van der Waals surface area contributed by atoms with E-state index in [1.54, 1.807) is 6.20 Å². The van der Waals surface area contributed by atoms with Crippen molar-refractivity contribution in [1.82, 2.24) is 9.97 Å². The number of hydrogen-bond donors (Lipinski definition) is 2. The summed E-state index contributed by atoms with van der Waals surface area (Å²) < 4.78 is 5.47. The zero-order chi connectivity index (χ0) is 11.5. The van der Waals surface area contributed by atoms with Crippen LogP contribution in [0.5, 0.6) is 0 Å². The SMILES string of the molecule is Cc1nc(Sc2ccnc(NN)c2)oc1C. The number of nitrogens with zero attached hydrogens (tertiary/aromatic N) is 2. The summed E-state index contributed by atoms with van der Waals surface area (Å²) in [5.74, 6) is 6.74. The van der Waals surface area contributed by atoms with Gasteiger partial charge in [-0.3, -0.25) is 0 Å². The zero-order valence-corrected chi connectivity index (χ0v) is 9.84. The van der Waals surface area contributed by atoms with Crippen molar-refractivity contribution >= 4 is 17.6 Å². The summed E-state index contributed by atoms with van der Waals surface area (Å²) in [4.78, 5) is 9.28. The summed E-state index contributed by atoms with van der Waals surface area (Å²) in [5.41, 5.74) is 3.41. The lowest BCUT2D eigenvalue weighted by Crippen LogP contribution is -2.07. The first-order valence-electron chi connectivity index (χ1n) is 4.73. The van der Waals surface area contributed by atoms with Crippen LogP contribution in [-0.2, 0) is 0 Å². The number of hydrogen-bond acceptors (Lipinski definition) is 6. The Morgan fingerprint density at radius 2 is 2.25 bits per heavy atom.